The van der Waals surface area contributed by atoms with Crippen LogP contribution < -0.4 is 5.32 Å². The van der Waals surface area contributed by atoms with Gasteiger partial charge in [-0.2, -0.15) is 0 Å². The third kappa shape index (κ3) is 2.88. The van der Waals surface area contributed by atoms with E-state index in [1.165, 1.54) is 6.07 Å². The summed E-state index contributed by atoms with van der Waals surface area (Å²) in [5.74, 6) is -0.431. The fraction of sp³-hybridized carbons (Fsp3) is 0.533. The van der Waals surface area contributed by atoms with Crippen molar-refractivity contribution in [1.29, 1.82) is 0 Å². The van der Waals surface area contributed by atoms with Crippen LogP contribution in [0.4, 0.5) is 10.1 Å². The largest absolute Gasteiger partial charge is 0.382 e. The zero-order chi connectivity index (χ0) is 13.8. The first-order valence-corrected chi connectivity index (χ1v) is 6.98. The zero-order valence-electron chi connectivity index (χ0n) is 11.6. The fourth-order valence-electron chi connectivity index (χ4n) is 2.61. The SMILES string of the molecule is CCNc1c(F)cccc1C(=O)N1CCCCC1C. The predicted molar refractivity (Wildman–Crippen MR) is 74.9 cm³/mol. The summed E-state index contributed by atoms with van der Waals surface area (Å²) in [7, 11) is 0. The van der Waals surface area contributed by atoms with Gasteiger partial charge in [0.05, 0.1) is 11.3 Å². The molecule has 1 atom stereocenters. The van der Waals surface area contributed by atoms with Crippen LogP contribution in [0.1, 0.15) is 43.5 Å². The zero-order valence-corrected chi connectivity index (χ0v) is 11.6. The van der Waals surface area contributed by atoms with Gasteiger partial charge < -0.3 is 10.2 Å². The molecule has 104 valence electrons. The van der Waals surface area contributed by atoms with Crippen molar-refractivity contribution in [3.63, 3.8) is 0 Å². The summed E-state index contributed by atoms with van der Waals surface area (Å²) >= 11 is 0. The standard InChI is InChI=1S/C15H21FN2O/c1-3-17-14-12(8-6-9-13(14)16)15(19)18-10-5-4-7-11(18)2/h6,8-9,11,17H,3-5,7,10H2,1-2H3. The van der Waals surface area contributed by atoms with Gasteiger partial charge in [-0.25, -0.2) is 4.39 Å². The van der Waals surface area contributed by atoms with Crippen molar-refractivity contribution in [1.82, 2.24) is 4.90 Å². The maximum absolute atomic E-state index is 13.8. The first-order valence-electron chi connectivity index (χ1n) is 6.98. The first kappa shape index (κ1) is 13.8. The lowest BCUT2D eigenvalue weighted by atomic mass is 10.0. The maximum Gasteiger partial charge on any atom is 0.256 e. The fourth-order valence-corrected chi connectivity index (χ4v) is 2.61. The summed E-state index contributed by atoms with van der Waals surface area (Å²) in [6.07, 6.45) is 3.22. The topological polar surface area (TPSA) is 32.3 Å². The van der Waals surface area contributed by atoms with Gasteiger partial charge in [-0.1, -0.05) is 6.07 Å². The minimum Gasteiger partial charge on any atom is -0.382 e. The predicted octanol–water partition coefficient (Wildman–Crippen LogP) is 3.27. The summed E-state index contributed by atoms with van der Waals surface area (Å²) in [5.41, 5.74) is 0.767. The highest BCUT2D eigenvalue weighted by Crippen LogP contribution is 2.25. The molecule has 0 saturated carbocycles. The van der Waals surface area contributed by atoms with Crippen LogP contribution in [0.2, 0.25) is 0 Å². The highest BCUT2D eigenvalue weighted by molar-refractivity contribution is 6.00. The molecule has 1 fully saturated rings. The summed E-state index contributed by atoms with van der Waals surface area (Å²) in [5, 5.41) is 2.96. The van der Waals surface area contributed by atoms with Gasteiger partial charge in [0.2, 0.25) is 0 Å². The van der Waals surface area contributed by atoms with E-state index in [0.717, 1.165) is 25.8 Å². The van der Waals surface area contributed by atoms with Gasteiger partial charge in [0.15, 0.2) is 0 Å². The number of para-hydroxylation sites is 1. The van der Waals surface area contributed by atoms with Crippen molar-refractivity contribution in [2.75, 3.05) is 18.4 Å². The smallest absolute Gasteiger partial charge is 0.256 e. The quantitative estimate of drug-likeness (QED) is 0.908. The molecule has 1 aliphatic rings. The molecular formula is C15H21FN2O. The van der Waals surface area contributed by atoms with Crippen LogP contribution in [0.5, 0.6) is 0 Å². The molecule has 0 spiro atoms. The Hall–Kier alpha value is -1.58. The number of halogens is 1. The van der Waals surface area contributed by atoms with Gasteiger partial charge in [0.25, 0.3) is 5.91 Å². The van der Waals surface area contributed by atoms with Gasteiger partial charge in [-0.05, 0) is 45.2 Å². The monoisotopic (exact) mass is 264 g/mol. The molecular weight excluding hydrogens is 243 g/mol. The average molecular weight is 264 g/mol. The van der Waals surface area contributed by atoms with E-state index in [2.05, 4.69) is 12.2 Å². The van der Waals surface area contributed by atoms with Gasteiger partial charge in [-0.15, -0.1) is 0 Å². The molecule has 0 bridgehead atoms. The molecule has 1 heterocycles. The summed E-state index contributed by atoms with van der Waals surface area (Å²) in [6.45, 7) is 5.31. The Morgan fingerprint density at radius 2 is 2.26 bits per heavy atom. The van der Waals surface area contributed by atoms with Crippen molar-refractivity contribution in [3.8, 4) is 0 Å². The Bertz CT molecular complexity index is 461. The molecule has 1 saturated heterocycles. The minimum atomic E-state index is -0.364. The molecule has 1 amide bonds. The highest BCUT2D eigenvalue weighted by Gasteiger charge is 2.26. The second-order valence-electron chi connectivity index (χ2n) is 5.04. The average Bonchev–Trinajstić information content (AvgIpc) is 2.41. The van der Waals surface area contributed by atoms with Crippen LogP contribution in [-0.2, 0) is 0 Å². The molecule has 19 heavy (non-hydrogen) atoms. The molecule has 1 N–H and O–H groups in total. The van der Waals surface area contributed by atoms with Crippen molar-refractivity contribution >= 4 is 11.6 Å². The molecule has 0 aliphatic carbocycles. The number of nitrogens with one attached hydrogen (secondary N) is 1. The summed E-state index contributed by atoms with van der Waals surface area (Å²) in [6, 6.07) is 4.91. The highest BCUT2D eigenvalue weighted by atomic mass is 19.1. The molecule has 2 rings (SSSR count). The van der Waals surface area contributed by atoms with Gasteiger partial charge in [0, 0.05) is 19.1 Å². The van der Waals surface area contributed by atoms with Crippen LogP contribution in [0.3, 0.4) is 0 Å². The van der Waals surface area contributed by atoms with Crippen LogP contribution in [0.15, 0.2) is 18.2 Å². The van der Waals surface area contributed by atoms with Crippen LogP contribution in [0.25, 0.3) is 0 Å². The van der Waals surface area contributed by atoms with E-state index in [1.807, 2.05) is 11.8 Å². The van der Waals surface area contributed by atoms with E-state index in [9.17, 15) is 9.18 Å². The molecule has 3 nitrogen and oxygen atoms in total. The number of nitrogens with zero attached hydrogens (tertiary/aromatic N) is 1. The third-order valence-corrected chi connectivity index (χ3v) is 3.66. The second-order valence-corrected chi connectivity index (χ2v) is 5.04. The lowest BCUT2D eigenvalue weighted by Crippen LogP contribution is -2.42. The normalized spacial score (nSPS) is 19.3. The summed E-state index contributed by atoms with van der Waals surface area (Å²) < 4.78 is 13.8. The lowest BCUT2D eigenvalue weighted by Gasteiger charge is -2.34. The molecule has 1 aromatic rings. The number of hydrogen-bond donors (Lipinski definition) is 1. The Morgan fingerprint density at radius 1 is 1.47 bits per heavy atom. The number of benzene rings is 1. The number of piperidine rings is 1. The van der Waals surface area contributed by atoms with E-state index >= 15 is 0 Å². The van der Waals surface area contributed by atoms with E-state index in [0.29, 0.717) is 17.8 Å². The second kappa shape index (κ2) is 6.04. The van der Waals surface area contributed by atoms with E-state index in [1.54, 1.807) is 12.1 Å². The van der Waals surface area contributed by atoms with E-state index in [-0.39, 0.29) is 17.8 Å². The number of carbonyl (C=O) groups excluding carboxylic acids is 1. The van der Waals surface area contributed by atoms with Gasteiger partial charge in [0.1, 0.15) is 5.82 Å². The number of likely N-dealkylation sites (tertiary alicyclic amines) is 1. The van der Waals surface area contributed by atoms with Crippen molar-refractivity contribution in [3.05, 3.63) is 29.6 Å². The Morgan fingerprint density at radius 3 is 2.95 bits per heavy atom. The van der Waals surface area contributed by atoms with Crippen LogP contribution in [0, 0.1) is 5.82 Å². The molecule has 1 aliphatic heterocycles. The van der Waals surface area contributed by atoms with Crippen molar-refractivity contribution in [2.24, 2.45) is 0 Å². The molecule has 1 aromatic carbocycles. The molecule has 0 radical (unpaired) electrons. The first-order chi connectivity index (χ1) is 9.15. The minimum absolute atomic E-state index is 0.0670. The Kier molecular flexibility index (Phi) is 4.40. The van der Waals surface area contributed by atoms with E-state index < -0.39 is 0 Å². The third-order valence-electron chi connectivity index (χ3n) is 3.66. The Labute approximate surface area is 113 Å². The van der Waals surface area contributed by atoms with Crippen molar-refractivity contribution in [2.45, 2.75) is 39.2 Å². The van der Waals surface area contributed by atoms with Gasteiger partial charge in [-0.3, -0.25) is 4.79 Å². The lowest BCUT2D eigenvalue weighted by molar-refractivity contribution is 0.0636. The molecule has 4 heteroatoms. The maximum atomic E-state index is 13.8. The number of rotatable bonds is 3. The van der Waals surface area contributed by atoms with Gasteiger partial charge >= 0.3 is 0 Å². The number of anilines is 1. The van der Waals surface area contributed by atoms with E-state index in [4.69, 9.17) is 0 Å². The van der Waals surface area contributed by atoms with Crippen molar-refractivity contribution < 1.29 is 9.18 Å². The summed E-state index contributed by atoms with van der Waals surface area (Å²) in [4.78, 5) is 14.4. The number of amides is 1. The number of carbonyl (C=O) groups is 1. The molecule has 0 aromatic heterocycles. The van der Waals surface area contributed by atoms with Crippen LogP contribution >= 0.6 is 0 Å². The number of hydrogen-bond acceptors (Lipinski definition) is 2. The molecule has 1 unspecified atom stereocenters. The Balaban J connectivity index is 2.30. The van der Waals surface area contributed by atoms with Crippen LogP contribution in [-0.4, -0.2) is 29.9 Å².